The van der Waals surface area contributed by atoms with Gasteiger partial charge in [-0.3, -0.25) is 0 Å². The Morgan fingerprint density at radius 2 is 2.00 bits per heavy atom. The van der Waals surface area contributed by atoms with E-state index in [2.05, 4.69) is 0 Å². The molecule has 0 spiro atoms. The van der Waals surface area contributed by atoms with E-state index in [1.807, 2.05) is 4.57 Å². The lowest BCUT2D eigenvalue weighted by Gasteiger charge is -2.19. The summed E-state index contributed by atoms with van der Waals surface area (Å²) in [5, 5.41) is 9.90. The Morgan fingerprint density at radius 3 is 2.70 bits per heavy atom. The lowest BCUT2D eigenvalue weighted by atomic mass is 9.97. The van der Waals surface area contributed by atoms with Gasteiger partial charge in [-0.2, -0.15) is 0 Å². The number of benzene rings is 1. The van der Waals surface area contributed by atoms with Crippen molar-refractivity contribution in [2.75, 3.05) is 7.11 Å². The molecular formula is C17H16ClNO4. The highest BCUT2D eigenvalue weighted by Gasteiger charge is 2.25. The van der Waals surface area contributed by atoms with Gasteiger partial charge >= 0.3 is 11.9 Å². The van der Waals surface area contributed by atoms with E-state index >= 15 is 0 Å². The summed E-state index contributed by atoms with van der Waals surface area (Å²) in [7, 11) is 1.34. The molecule has 3 rings (SSSR count). The maximum absolute atomic E-state index is 12.0. The van der Waals surface area contributed by atoms with Crippen LogP contribution in [0.1, 0.15) is 39.4 Å². The zero-order valence-corrected chi connectivity index (χ0v) is 13.4. The first-order valence-corrected chi connectivity index (χ1v) is 7.74. The third kappa shape index (κ3) is 2.72. The van der Waals surface area contributed by atoms with Gasteiger partial charge in [-0.15, -0.1) is 0 Å². The van der Waals surface area contributed by atoms with Crippen LogP contribution in [-0.2, 0) is 17.7 Å². The SMILES string of the molecule is COC(=O)c1cc(-c2cc(Cl)ccc2C(=O)O)c2n1CCCC2. The number of hydrogen-bond acceptors (Lipinski definition) is 3. The molecule has 0 atom stereocenters. The maximum Gasteiger partial charge on any atom is 0.354 e. The molecule has 0 amide bonds. The molecule has 0 unspecified atom stereocenters. The molecule has 1 aromatic carbocycles. The smallest absolute Gasteiger partial charge is 0.354 e. The Labute approximate surface area is 138 Å². The summed E-state index contributed by atoms with van der Waals surface area (Å²) in [6.45, 7) is 0.725. The minimum atomic E-state index is -1.02. The minimum absolute atomic E-state index is 0.171. The van der Waals surface area contributed by atoms with Crippen LogP contribution in [0.3, 0.4) is 0 Å². The van der Waals surface area contributed by atoms with Crippen molar-refractivity contribution in [3.05, 3.63) is 46.2 Å². The van der Waals surface area contributed by atoms with E-state index in [9.17, 15) is 14.7 Å². The normalized spacial score (nSPS) is 13.5. The molecular weight excluding hydrogens is 318 g/mol. The third-order valence-electron chi connectivity index (χ3n) is 4.15. The second-order valence-electron chi connectivity index (χ2n) is 5.49. The first-order chi connectivity index (χ1) is 11.0. The van der Waals surface area contributed by atoms with Crippen molar-refractivity contribution in [1.29, 1.82) is 0 Å². The monoisotopic (exact) mass is 333 g/mol. The van der Waals surface area contributed by atoms with E-state index in [0.29, 0.717) is 16.3 Å². The summed E-state index contributed by atoms with van der Waals surface area (Å²) in [5.74, 6) is -1.44. The Hall–Kier alpha value is -2.27. The van der Waals surface area contributed by atoms with Crippen LogP contribution in [0.15, 0.2) is 24.3 Å². The number of carbonyl (C=O) groups excluding carboxylic acids is 1. The molecule has 6 heteroatoms. The summed E-state index contributed by atoms with van der Waals surface area (Å²) in [5.41, 5.74) is 2.86. The second kappa shape index (κ2) is 6.08. The van der Waals surface area contributed by atoms with Crippen molar-refractivity contribution < 1.29 is 19.4 Å². The summed E-state index contributed by atoms with van der Waals surface area (Å²) < 4.78 is 6.78. The highest BCUT2D eigenvalue weighted by molar-refractivity contribution is 6.31. The number of methoxy groups -OCH3 is 1. The molecule has 0 bridgehead atoms. The van der Waals surface area contributed by atoms with Crippen molar-refractivity contribution >= 4 is 23.5 Å². The van der Waals surface area contributed by atoms with Crippen molar-refractivity contribution in [1.82, 2.24) is 4.57 Å². The topological polar surface area (TPSA) is 68.5 Å². The molecule has 1 N–H and O–H groups in total. The maximum atomic E-state index is 12.0. The summed E-state index contributed by atoms with van der Waals surface area (Å²) in [4.78, 5) is 23.6. The van der Waals surface area contributed by atoms with Gasteiger partial charge in [-0.05, 0) is 49.1 Å². The van der Waals surface area contributed by atoms with E-state index < -0.39 is 11.9 Å². The van der Waals surface area contributed by atoms with Gasteiger partial charge in [-0.1, -0.05) is 11.6 Å². The predicted octanol–water partition coefficient (Wildman–Crippen LogP) is 3.63. The number of carboxylic acids is 1. The van der Waals surface area contributed by atoms with E-state index in [-0.39, 0.29) is 5.56 Å². The quantitative estimate of drug-likeness (QED) is 0.871. The Balaban J connectivity index is 2.25. The van der Waals surface area contributed by atoms with Crippen molar-refractivity contribution in [2.45, 2.75) is 25.8 Å². The average Bonchev–Trinajstić information content (AvgIpc) is 2.93. The highest BCUT2D eigenvalue weighted by Crippen LogP contribution is 2.35. The molecule has 0 radical (unpaired) electrons. The molecule has 0 aliphatic carbocycles. The Bertz CT molecular complexity index is 794. The van der Waals surface area contributed by atoms with Gasteiger partial charge in [0.1, 0.15) is 5.69 Å². The van der Waals surface area contributed by atoms with Crippen LogP contribution in [0, 0.1) is 0 Å². The molecule has 2 aromatic rings. The fraction of sp³-hybridized carbons (Fsp3) is 0.294. The van der Waals surface area contributed by atoms with Crippen molar-refractivity contribution in [2.24, 2.45) is 0 Å². The molecule has 120 valence electrons. The fourth-order valence-electron chi connectivity index (χ4n) is 3.11. The van der Waals surface area contributed by atoms with Crippen LogP contribution in [0.2, 0.25) is 5.02 Å². The van der Waals surface area contributed by atoms with E-state index in [0.717, 1.165) is 37.1 Å². The summed E-state index contributed by atoms with van der Waals surface area (Å²) in [6.07, 6.45) is 2.77. The summed E-state index contributed by atoms with van der Waals surface area (Å²) in [6, 6.07) is 6.39. The third-order valence-corrected chi connectivity index (χ3v) is 4.39. The number of hydrogen-bond donors (Lipinski definition) is 1. The standard InChI is InChI=1S/C17H16ClNO4/c1-23-17(22)15-9-13(14-4-2-3-7-19(14)15)12-8-10(18)5-6-11(12)16(20)21/h5-6,8-9H,2-4,7H2,1H3,(H,20,21). The largest absolute Gasteiger partial charge is 0.478 e. The Morgan fingerprint density at radius 1 is 1.22 bits per heavy atom. The van der Waals surface area contributed by atoms with Crippen LogP contribution < -0.4 is 0 Å². The number of ether oxygens (including phenoxy) is 1. The first-order valence-electron chi connectivity index (χ1n) is 7.37. The number of fused-ring (bicyclic) bond motifs is 1. The fourth-order valence-corrected chi connectivity index (χ4v) is 3.28. The second-order valence-corrected chi connectivity index (χ2v) is 5.92. The van der Waals surface area contributed by atoms with Crippen LogP contribution in [-0.4, -0.2) is 28.7 Å². The molecule has 1 aliphatic rings. The van der Waals surface area contributed by atoms with Gasteiger partial charge in [0.25, 0.3) is 0 Å². The van der Waals surface area contributed by atoms with Crippen LogP contribution in [0.25, 0.3) is 11.1 Å². The van der Waals surface area contributed by atoms with Gasteiger partial charge in [0, 0.05) is 22.8 Å². The first kappa shape index (κ1) is 15.6. The van der Waals surface area contributed by atoms with E-state index in [1.165, 1.54) is 13.2 Å². The lowest BCUT2D eigenvalue weighted by molar-refractivity contribution is 0.0586. The summed E-state index contributed by atoms with van der Waals surface area (Å²) >= 11 is 6.06. The molecule has 23 heavy (non-hydrogen) atoms. The van der Waals surface area contributed by atoms with Crippen LogP contribution in [0.5, 0.6) is 0 Å². The Kier molecular flexibility index (Phi) is 4.13. The zero-order chi connectivity index (χ0) is 16.6. The number of esters is 1. The predicted molar refractivity (Wildman–Crippen MR) is 86.1 cm³/mol. The van der Waals surface area contributed by atoms with Gasteiger partial charge in [0.05, 0.1) is 12.7 Å². The van der Waals surface area contributed by atoms with Crippen LogP contribution >= 0.6 is 11.6 Å². The number of nitrogens with zero attached hydrogens (tertiary/aromatic N) is 1. The number of carboxylic acid groups (broad SMARTS) is 1. The molecule has 0 saturated heterocycles. The molecule has 5 nitrogen and oxygen atoms in total. The van der Waals surface area contributed by atoms with Gasteiger partial charge < -0.3 is 14.4 Å². The molecule has 0 fully saturated rings. The highest BCUT2D eigenvalue weighted by atomic mass is 35.5. The van der Waals surface area contributed by atoms with Gasteiger partial charge in [-0.25, -0.2) is 9.59 Å². The van der Waals surface area contributed by atoms with Gasteiger partial charge in [0.2, 0.25) is 0 Å². The van der Waals surface area contributed by atoms with Crippen molar-refractivity contribution in [3.63, 3.8) is 0 Å². The minimum Gasteiger partial charge on any atom is -0.478 e. The molecule has 1 aromatic heterocycles. The number of rotatable bonds is 3. The van der Waals surface area contributed by atoms with E-state index in [4.69, 9.17) is 16.3 Å². The molecule has 0 saturated carbocycles. The van der Waals surface area contributed by atoms with Gasteiger partial charge in [0.15, 0.2) is 0 Å². The van der Waals surface area contributed by atoms with Crippen molar-refractivity contribution in [3.8, 4) is 11.1 Å². The number of halogens is 1. The number of aromatic carboxylic acids is 1. The zero-order valence-electron chi connectivity index (χ0n) is 12.6. The van der Waals surface area contributed by atoms with Crippen LogP contribution in [0.4, 0.5) is 0 Å². The number of carbonyl (C=O) groups is 2. The lowest BCUT2D eigenvalue weighted by Crippen LogP contribution is -2.16. The number of aromatic nitrogens is 1. The average molecular weight is 334 g/mol. The molecule has 2 heterocycles. The molecule has 1 aliphatic heterocycles. The van der Waals surface area contributed by atoms with E-state index in [1.54, 1.807) is 18.2 Å².